The largest absolute Gasteiger partial charge is 0.493 e. The number of H-pyrrole nitrogens is 1. The maximum atomic E-state index is 10.8. The van der Waals surface area contributed by atoms with Crippen molar-refractivity contribution in [3.63, 3.8) is 0 Å². The van der Waals surface area contributed by atoms with Gasteiger partial charge in [-0.05, 0) is 18.2 Å². The molecular formula is C13H12N2O4. The average molecular weight is 260 g/mol. The van der Waals surface area contributed by atoms with Crippen LogP contribution in [-0.2, 0) is 6.42 Å². The zero-order chi connectivity index (χ0) is 13.4. The number of nitrogens with one attached hydrogen (secondary N) is 1. The Morgan fingerprint density at radius 1 is 1.47 bits per heavy atom. The van der Waals surface area contributed by atoms with Crippen molar-refractivity contribution in [2.24, 2.45) is 0 Å². The first-order chi connectivity index (χ1) is 9.19. The van der Waals surface area contributed by atoms with Gasteiger partial charge >= 0.3 is 5.97 Å². The summed E-state index contributed by atoms with van der Waals surface area (Å²) in [4.78, 5) is 10.8. The number of carboxylic acids is 1. The predicted molar refractivity (Wildman–Crippen MR) is 66.7 cm³/mol. The van der Waals surface area contributed by atoms with E-state index in [1.807, 2.05) is 6.07 Å². The van der Waals surface area contributed by atoms with Crippen molar-refractivity contribution in [2.45, 2.75) is 6.42 Å². The minimum absolute atomic E-state index is 0.0608. The lowest BCUT2D eigenvalue weighted by atomic mass is 10.1. The third-order valence-corrected chi connectivity index (χ3v) is 3.07. The molecule has 98 valence electrons. The van der Waals surface area contributed by atoms with Gasteiger partial charge in [-0.15, -0.1) is 0 Å². The second-order valence-electron chi connectivity index (χ2n) is 4.24. The fraction of sp³-hybridized carbons (Fsp3) is 0.231. The van der Waals surface area contributed by atoms with E-state index in [9.17, 15) is 4.79 Å². The number of carboxylic acid groups (broad SMARTS) is 1. The van der Waals surface area contributed by atoms with Gasteiger partial charge in [0.05, 0.1) is 19.4 Å². The molecule has 0 amide bonds. The molecule has 0 spiro atoms. The summed E-state index contributed by atoms with van der Waals surface area (Å²) in [6, 6.07) is 5.25. The number of carbonyl (C=O) groups is 1. The van der Waals surface area contributed by atoms with Gasteiger partial charge in [-0.25, -0.2) is 4.79 Å². The Balaban J connectivity index is 2.07. The fourth-order valence-electron chi connectivity index (χ4n) is 2.15. The topological polar surface area (TPSA) is 84.4 Å². The van der Waals surface area contributed by atoms with Crippen LogP contribution in [0.15, 0.2) is 18.2 Å². The van der Waals surface area contributed by atoms with E-state index in [-0.39, 0.29) is 5.69 Å². The van der Waals surface area contributed by atoms with Crippen LogP contribution in [0.25, 0.3) is 11.3 Å². The molecule has 0 atom stereocenters. The van der Waals surface area contributed by atoms with Gasteiger partial charge in [0.2, 0.25) is 0 Å². The molecule has 2 N–H and O–H groups in total. The molecule has 6 heteroatoms. The average Bonchev–Trinajstić information content (AvgIpc) is 3.05. The van der Waals surface area contributed by atoms with E-state index in [0.717, 1.165) is 23.3 Å². The van der Waals surface area contributed by atoms with Crippen LogP contribution in [0.5, 0.6) is 11.5 Å². The maximum Gasteiger partial charge on any atom is 0.353 e. The summed E-state index contributed by atoms with van der Waals surface area (Å²) in [7, 11) is 1.58. The molecule has 2 heterocycles. The summed E-state index contributed by atoms with van der Waals surface area (Å²) < 4.78 is 10.8. The predicted octanol–water partition coefficient (Wildman–Crippen LogP) is 1.72. The van der Waals surface area contributed by atoms with Gasteiger partial charge < -0.3 is 14.6 Å². The van der Waals surface area contributed by atoms with Gasteiger partial charge in [0.25, 0.3) is 0 Å². The Morgan fingerprint density at radius 2 is 2.32 bits per heavy atom. The lowest BCUT2D eigenvalue weighted by molar-refractivity contribution is 0.0690. The molecule has 1 aliphatic heterocycles. The molecule has 19 heavy (non-hydrogen) atoms. The maximum absolute atomic E-state index is 10.8. The quantitative estimate of drug-likeness (QED) is 0.877. The van der Waals surface area contributed by atoms with Crippen molar-refractivity contribution in [3.8, 4) is 22.8 Å². The molecule has 1 aliphatic rings. The first-order valence-electron chi connectivity index (χ1n) is 5.82. The zero-order valence-corrected chi connectivity index (χ0v) is 10.3. The molecule has 0 radical (unpaired) electrons. The van der Waals surface area contributed by atoms with Gasteiger partial charge in [0.1, 0.15) is 5.69 Å². The number of hydrogen-bond acceptors (Lipinski definition) is 4. The third kappa shape index (κ3) is 1.91. The van der Waals surface area contributed by atoms with Crippen LogP contribution in [-0.4, -0.2) is 35.0 Å². The molecule has 0 bridgehead atoms. The van der Waals surface area contributed by atoms with Crippen LogP contribution >= 0.6 is 0 Å². The summed E-state index contributed by atoms with van der Waals surface area (Å²) in [5.41, 5.74) is 2.50. The molecule has 2 aromatic rings. The van der Waals surface area contributed by atoms with Crippen molar-refractivity contribution in [2.75, 3.05) is 13.7 Å². The van der Waals surface area contributed by atoms with Gasteiger partial charge in [0, 0.05) is 17.5 Å². The van der Waals surface area contributed by atoms with Gasteiger partial charge in [-0.1, -0.05) is 0 Å². The van der Waals surface area contributed by atoms with E-state index < -0.39 is 5.97 Å². The Bertz CT molecular complexity index is 648. The highest BCUT2D eigenvalue weighted by Crippen LogP contribution is 2.39. The summed E-state index contributed by atoms with van der Waals surface area (Å²) in [5.74, 6) is 0.375. The van der Waals surface area contributed by atoms with E-state index in [4.69, 9.17) is 14.6 Å². The molecular weight excluding hydrogens is 248 g/mol. The SMILES string of the molecule is COc1cc(-c2cc(C(=O)O)[nH]n2)cc2c1OCC2. The highest BCUT2D eigenvalue weighted by molar-refractivity contribution is 5.87. The van der Waals surface area contributed by atoms with Gasteiger partial charge in [-0.3, -0.25) is 5.10 Å². The number of aromatic carboxylic acids is 1. The monoisotopic (exact) mass is 260 g/mol. The zero-order valence-electron chi connectivity index (χ0n) is 10.3. The van der Waals surface area contributed by atoms with Crippen LogP contribution in [0, 0.1) is 0 Å². The number of rotatable bonds is 3. The van der Waals surface area contributed by atoms with Crippen molar-refractivity contribution in [3.05, 3.63) is 29.5 Å². The summed E-state index contributed by atoms with van der Waals surface area (Å²) in [6.07, 6.45) is 0.815. The second kappa shape index (κ2) is 4.31. The van der Waals surface area contributed by atoms with Crippen molar-refractivity contribution in [1.82, 2.24) is 10.2 Å². The minimum atomic E-state index is -1.03. The van der Waals surface area contributed by atoms with Crippen LogP contribution < -0.4 is 9.47 Å². The summed E-state index contributed by atoms with van der Waals surface area (Å²) in [6.45, 7) is 0.635. The lowest BCUT2D eigenvalue weighted by Gasteiger charge is -2.08. The molecule has 6 nitrogen and oxygen atoms in total. The number of fused-ring (bicyclic) bond motifs is 1. The van der Waals surface area contributed by atoms with E-state index in [1.165, 1.54) is 6.07 Å². The van der Waals surface area contributed by atoms with Crippen molar-refractivity contribution < 1.29 is 19.4 Å². The molecule has 0 saturated heterocycles. The summed E-state index contributed by atoms with van der Waals surface area (Å²) in [5, 5.41) is 15.4. The first kappa shape index (κ1) is 11.6. The number of ether oxygens (including phenoxy) is 2. The van der Waals surface area contributed by atoms with E-state index in [2.05, 4.69) is 10.2 Å². The number of aromatic amines is 1. The smallest absolute Gasteiger partial charge is 0.353 e. The van der Waals surface area contributed by atoms with E-state index in [1.54, 1.807) is 13.2 Å². The lowest BCUT2D eigenvalue weighted by Crippen LogP contribution is -1.95. The number of nitrogens with zero attached hydrogens (tertiary/aromatic N) is 1. The van der Waals surface area contributed by atoms with Crippen molar-refractivity contribution in [1.29, 1.82) is 0 Å². The molecule has 1 aromatic heterocycles. The molecule has 1 aromatic carbocycles. The number of benzene rings is 1. The number of methoxy groups -OCH3 is 1. The Morgan fingerprint density at radius 3 is 3.00 bits per heavy atom. The number of hydrogen-bond donors (Lipinski definition) is 2. The molecule has 0 fully saturated rings. The van der Waals surface area contributed by atoms with Crippen LogP contribution in [0.2, 0.25) is 0 Å². The van der Waals surface area contributed by atoms with E-state index in [0.29, 0.717) is 18.1 Å². The Labute approximate surface area is 109 Å². The van der Waals surface area contributed by atoms with Crippen molar-refractivity contribution >= 4 is 5.97 Å². The standard InChI is InChI=1S/C13H12N2O4/c1-18-11-5-8(4-7-2-3-19-12(7)11)9-6-10(13(16)17)15-14-9/h4-6H,2-3H2,1H3,(H,14,15)(H,16,17). The highest BCUT2D eigenvalue weighted by Gasteiger charge is 2.20. The minimum Gasteiger partial charge on any atom is -0.493 e. The summed E-state index contributed by atoms with van der Waals surface area (Å²) >= 11 is 0. The van der Waals surface area contributed by atoms with E-state index >= 15 is 0 Å². The third-order valence-electron chi connectivity index (χ3n) is 3.07. The van der Waals surface area contributed by atoms with Crippen LogP contribution in [0.4, 0.5) is 0 Å². The molecule has 0 saturated carbocycles. The fourth-order valence-corrected chi connectivity index (χ4v) is 2.15. The first-order valence-corrected chi connectivity index (χ1v) is 5.82. The molecule has 0 aliphatic carbocycles. The molecule has 0 unspecified atom stereocenters. The number of aromatic nitrogens is 2. The normalized spacial score (nSPS) is 12.9. The van der Waals surface area contributed by atoms with Gasteiger partial charge in [-0.2, -0.15) is 5.10 Å². The second-order valence-corrected chi connectivity index (χ2v) is 4.24. The Hall–Kier alpha value is -2.50. The van der Waals surface area contributed by atoms with Gasteiger partial charge in [0.15, 0.2) is 11.5 Å². The highest BCUT2D eigenvalue weighted by atomic mass is 16.5. The molecule has 3 rings (SSSR count). The Kier molecular flexibility index (Phi) is 2.63. The van der Waals surface area contributed by atoms with Crippen LogP contribution in [0.3, 0.4) is 0 Å². The van der Waals surface area contributed by atoms with Crippen LogP contribution in [0.1, 0.15) is 16.1 Å².